The summed E-state index contributed by atoms with van der Waals surface area (Å²) in [6, 6.07) is 5.50. The van der Waals surface area contributed by atoms with Crippen molar-refractivity contribution in [3.8, 4) is 5.75 Å². The molecule has 8 nitrogen and oxygen atoms in total. The molecule has 0 saturated carbocycles. The number of carbonyl (C=O) groups excluding carboxylic acids is 1. The molecule has 5 N–H and O–H groups in total. The number of hydrogen-bond donors (Lipinski definition) is 3. The molecule has 0 saturated heterocycles. The van der Waals surface area contributed by atoms with Gasteiger partial charge in [0.15, 0.2) is 5.69 Å². The van der Waals surface area contributed by atoms with Crippen LogP contribution in [-0.4, -0.2) is 33.8 Å². The van der Waals surface area contributed by atoms with Crippen LogP contribution in [0.3, 0.4) is 0 Å². The summed E-state index contributed by atoms with van der Waals surface area (Å²) in [5.41, 5.74) is 8.79. The molecular formula is C12H16N6O2S. The topological polar surface area (TPSA) is 121 Å². The SMILES string of the molecule is COc1ccc(N)c(SCCn2cc(C(=O)NN)nn2)c1. The van der Waals surface area contributed by atoms with Gasteiger partial charge in [-0.3, -0.25) is 14.9 Å². The fourth-order valence-corrected chi connectivity index (χ4v) is 2.53. The van der Waals surface area contributed by atoms with Gasteiger partial charge in [0, 0.05) is 16.3 Å². The van der Waals surface area contributed by atoms with Crippen molar-refractivity contribution in [1.82, 2.24) is 20.4 Å². The number of thioether (sulfide) groups is 1. The Morgan fingerprint density at radius 1 is 1.52 bits per heavy atom. The molecule has 0 radical (unpaired) electrons. The molecular weight excluding hydrogens is 292 g/mol. The molecule has 0 unspecified atom stereocenters. The predicted octanol–water partition coefficient (Wildman–Crippen LogP) is 0.265. The maximum absolute atomic E-state index is 11.2. The van der Waals surface area contributed by atoms with E-state index >= 15 is 0 Å². The number of rotatable bonds is 6. The molecule has 0 aliphatic carbocycles. The molecule has 0 bridgehead atoms. The van der Waals surface area contributed by atoms with Crippen LogP contribution >= 0.6 is 11.8 Å². The maximum atomic E-state index is 11.2. The Morgan fingerprint density at radius 3 is 3.05 bits per heavy atom. The first-order valence-electron chi connectivity index (χ1n) is 6.11. The van der Waals surface area contributed by atoms with E-state index in [9.17, 15) is 4.79 Å². The van der Waals surface area contributed by atoms with Crippen molar-refractivity contribution in [2.75, 3.05) is 18.6 Å². The smallest absolute Gasteiger partial charge is 0.287 e. The van der Waals surface area contributed by atoms with Crippen LogP contribution < -0.4 is 21.7 Å². The van der Waals surface area contributed by atoms with Gasteiger partial charge in [-0.25, -0.2) is 5.84 Å². The lowest BCUT2D eigenvalue weighted by Gasteiger charge is -2.07. The average Bonchev–Trinajstić information content (AvgIpc) is 2.97. The van der Waals surface area contributed by atoms with Crippen LogP contribution in [-0.2, 0) is 6.54 Å². The first-order chi connectivity index (χ1) is 10.1. The number of nitrogens with one attached hydrogen (secondary N) is 1. The van der Waals surface area contributed by atoms with Gasteiger partial charge in [0.05, 0.1) is 19.9 Å². The zero-order chi connectivity index (χ0) is 15.2. The summed E-state index contributed by atoms with van der Waals surface area (Å²) in [5.74, 6) is 6.05. The second-order valence-corrected chi connectivity index (χ2v) is 5.23. The number of nitrogens with two attached hydrogens (primary N) is 2. The fourth-order valence-electron chi connectivity index (χ4n) is 1.60. The Kier molecular flexibility index (Phi) is 5.01. The zero-order valence-electron chi connectivity index (χ0n) is 11.4. The number of benzene rings is 1. The minimum absolute atomic E-state index is 0.184. The van der Waals surface area contributed by atoms with Crippen molar-refractivity contribution in [3.63, 3.8) is 0 Å². The summed E-state index contributed by atoms with van der Waals surface area (Å²) in [6.45, 7) is 0.589. The predicted molar refractivity (Wildman–Crippen MR) is 79.8 cm³/mol. The number of ether oxygens (including phenoxy) is 1. The van der Waals surface area contributed by atoms with E-state index in [1.807, 2.05) is 17.6 Å². The van der Waals surface area contributed by atoms with E-state index in [1.54, 1.807) is 29.6 Å². The minimum Gasteiger partial charge on any atom is -0.497 e. The molecule has 2 aromatic rings. The number of carbonyl (C=O) groups is 1. The summed E-state index contributed by atoms with van der Waals surface area (Å²) >= 11 is 1.58. The molecule has 2 rings (SSSR count). The van der Waals surface area contributed by atoms with Gasteiger partial charge in [0.1, 0.15) is 5.75 Å². The second kappa shape index (κ2) is 6.95. The molecule has 1 aromatic carbocycles. The molecule has 112 valence electrons. The Labute approximate surface area is 125 Å². The van der Waals surface area contributed by atoms with E-state index in [-0.39, 0.29) is 5.69 Å². The highest BCUT2D eigenvalue weighted by Gasteiger charge is 2.09. The van der Waals surface area contributed by atoms with Gasteiger partial charge in [0.2, 0.25) is 0 Å². The lowest BCUT2D eigenvalue weighted by atomic mass is 10.3. The normalized spacial score (nSPS) is 10.4. The Balaban J connectivity index is 1.92. The van der Waals surface area contributed by atoms with Gasteiger partial charge in [-0.1, -0.05) is 5.21 Å². The highest BCUT2D eigenvalue weighted by molar-refractivity contribution is 7.99. The monoisotopic (exact) mass is 308 g/mol. The van der Waals surface area contributed by atoms with Crippen LogP contribution in [0.4, 0.5) is 5.69 Å². The Morgan fingerprint density at radius 2 is 2.33 bits per heavy atom. The number of anilines is 1. The molecule has 1 aromatic heterocycles. The number of nitrogens with zero attached hydrogens (tertiary/aromatic N) is 3. The van der Waals surface area contributed by atoms with E-state index in [1.165, 1.54) is 6.20 Å². The van der Waals surface area contributed by atoms with E-state index in [0.29, 0.717) is 12.2 Å². The summed E-state index contributed by atoms with van der Waals surface area (Å²) in [6.07, 6.45) is 1.54. The zero-order valence-corrected chi connectivity index (χ0v) is 12.3. The van der Waals surface area contributed by atoms with Gasteiger partial charge in [-0.05, 0) is 18.2 Å². The number of nitrogen functional groups attached to an aromatic ring is 2. The molecule has 1 heterocycles. The van der Waals surface area contributed by atoms with Crippen molar-refractivity contribution in [3.05, 3.63) is 30.1 Å². The minimum atomic E-state index is -0.467. The number of hydrazine groups is 1. The van der Waals surface area contributed by atoms with Gasteiger partial charge in [0.25, 0.3) is 5.91 Å². The third kappa shape index (κ3) is 3.86. The molecule has 0 spiro atoms. The largest absolute Gasteiger partial charge is 0.497 e. The average molecular weight is 308 g/mol. The number of methoxy groups -OCH3 is 1. The van der Waals surface area contributed by atoms with Gasteiger partial charge in [-0.15, -0.1) is 16.9 Å². The summed E-state index contributed by atoms with van der Waals surface area (Å²) in [5, 5.41) is 7.58. The molecule has 0 fully saturated rings. The molecule has 0 aliphatic heterocycles. The molecule has 1 amide bonds. The van der Waals surface area contributed by atoms with Crippen molar-refractivity contribution in [2.45, 2.75) is 11.4 Å². The molecule has 9 heteroatoms. The van der Waals surface area contributed by atoms with E-state index in [0.717, 1.165) is 16.4 Å². The maximum Gasteiger partial charge on any atom is 0.287 e. The quantitative estimate of drug-likeness (QED) is 0.230. The first kappa shape index (κ1) is 15.1. The molecule has 21 heavy (non-hydrogen) atoms. The Hall–Kier alpha value is -2.26. The van der Waals surface area contributed by atoms with Crippen LogP contribution in [0.1, 0.15) is 10.5 Å². The van der Waals surface area contributed by atoms with E-state index in [4.69, 9.17) is 16.3 Å². The fraction of sp³-hybridized carbons (Fsp3) is 0.250. The van der Waals surface area contributed by atoms with E-state index in [2.05, 4.69) is 10.3 Å². The summed E-state index contributed by atoms with van der Waals surface area (Å²) < 4.78 is 6.74. The van der Waals surface area contributed by atoms with Gasteiger partial charge >= 0.3 is 0 Å². The van der Waals surface area contributed by atoms with Crippen LogP contribution in [0.25, 0.3) is 0 Å². The third-order valence-electron chi connectivity index (χ3n) is 2.70. The highest BCUT2D eigenvalue weighted by Crippen LogP contribution is 2.29. The Bertz CT molecular complexity index is 630. The van der Waals surface area contributed by atoms with Crippen molar-refractivity contribution < 1.29 is 9.53 Å². The van der Waals surface area contributed by atoms with Crippen LogP contribution in [0.2, 0.25) is 0 Å². The third-order valence-corrected chi connectivity index (χ3v) is 3.75. The van der Waals surface area contributed by atoms with Crippen molar-refractivity contribution in [1.29, 1.82) is 0 Å². The molecule has 0 aliphatic rings. The van der Waals surface area contributed by atoms with Crippen molar-refractivity contribution >= 4 is 23.4 Å². The summed E-state index contributed by atoms with van der Waals surface area (Å²) in [4.78, 5) is 12.2. The highest BCUT2D eigenvalue weighted by atomic mass is 32.2. The van der Waals surface area contributed by atoms with Gasteiger partial charge < -0.3 is 10.5 Å². The second-order valence-electron chi connectivity index (χ2n) is 4.09. The first-order valence-corrected chi connectivity index (χ1v) is 7.10. The number of aryl methyl sites for hydroxylation is 1. The lowest BCUT2D eigenvalue weighted by Crippen LogP contribution is -2.30. The number of amides is 1. The van der Waals surface area contributed by atoms with Crippen molar-refractivity contribution in [2.24, 2.45) is 5.84 Å². The van der Waals surface area contributed by atoms with Crippen LogP contribution in [0.15, 0.2) is 29.3 Å². The number of hydrogen-bond acceptors (Lipinski definition) is 7. The number of aromatic nitrogens is 3. The van der Waals surface area contributed by atoms with Crippen LogP contribution in [0.5, 0.6) is 5.75 Å². The molecule has 0 atom stereocenters. The van der Waals surface area contributed by atoms with Crippen LogP contribution in [0, 0.1) is 0 Å². The van der Waals surface area contributed by atoms with Gasteiger partial charge in [-0.2, -0.15) is 0 Å². The standard InChI is InChI=1S/C12H16N6O2S/c1-20-8-2-3-9(13)11(6-8)21-5-4-18-7-10(16-17-18)12(19)15-14/h2-3,6-7H,4-5,13-14H2,1H3,(H,15,19). The summed E-state index contributed by atoms with van der Waals surface area (Å²) in [7, 11) is 1.61. The van der Waals surface area contributed by atoms with E-state index < -0.39 is 5.91 Å². The lowest BCUT2D eigenvalue weighted by molar-refractivity contribution is 0.0948.